The summed E-state index contributed by atoms with van der Waals surface area (Å²) in [6.45, 7) is 4.20. The van der Waals surface area contributed by atoms with Crippen LogP contribution in [0.3, 0.4) is 0 Å². The van der Waals surface area contributed by atoms with Crippen LogP contribution in [0.1, 0.15) is 24.0 Å². The lowest BCUT2D eigenvalue weighted by atomic mass is 10.00. The molecule has 3 rings (SSSR count). The Bertz CT molecular complexity index is 548. The number of halogens is 1. The van der Waals surface area contributed by atoms with E-state index in [9.17, 15) is 0 Å². The van der Waals surface area contributed by atoms with Gasteiger partial charge in [0.15, 0.2) is 5.96 Å². The molecule has 0 unspecified atom stereocenters. The SMILES string of the molecule is CN=C(NCCN1CCc2ccccc2C1)NC1CC=CC1.I. The summed E-state index contributed by atoms with van der Waals surface area (Å²) >= 11 is 0. The molecule has 0 fully saturated rings. The highest BCUT2D eigenvalue weighted by Crippen LogP contribution is 2.17. The van der Waals surface area contributed by atoms with Crippen LogP contribution in [0.2, 0.25) is 0 Å². The average molecular weight is 426 g/mol. The van der Waals surface area contributed by atoms with E-state index in [0.29, 0.717) is 6.04 Å². The van der Waals surface area contributed by atoms with Crippen LogP contribution in [0.5, 0.6) is 0 Å². The Kier molecular flexibility index (Phi) is 7.36. The van der Waals surface area contributed by atoms with Gasteiger partial charge in [-0.25, -0.2) is 0 Å². The molecule has 0 saturated carbocycles. The summed E-state index contributed by atoms with van der Waals surface area (Å²) in [6, 6.07) is 9.30. The van der Waals surface area contributed by atoms with Gasteiger partial charge in [0.25, 0.3) is 0 Å². The number of nitrogens with one attached hydrogen (secondary N) is 2. The summed E-state index contributed by atoms with van der Waals surface area (Å²) in [5, 5.41) is 6.91. The summed E-state index contributed by atoms with van der Waals surface area (Å²) in [4.78, 5) is 6.83. The van der Waals surface area contributed by atoms with Gasteiger partial charge in [0, 0.05) is 39.3 Å². The molecule has 0 bridgehead atoms. The fourth-order valence-electron chi connectivity index (χ4n) is 3.20. The van der Waals surface area contributed by atoms with E-state index in [0.717, 1.165) is 51.4 Å². The first-order chi connectivity index (χ1) is 10.8. The molecule has 5 heteroatoms. The monoisotopic (exact) mass is 426 g/mol. The van der Waals surface area contributed by atoms with Crippen molar-refractivity contribution < 1.29 is 0 Å². The van der Waals surface area contributed by atoms with Crippen LogP contribution in [0.25, 0.3) is 0 Å². The molecule has 2 N–H and O–H groups in total. The maximum atomic E-state index is 4.32. The van der Waals surface area contributed by atoms with Gasteiger partial charge in [0.1, 0.15) is 0 Å². The molecule has 1 aliphatic carbocycles. The third-order valence-electron chi connectivity index (χ3n) is 4.50. The van der Waals surface area contributed by atoms with Gasteiger partial charge >= 0.3 is 0 Å². The van der Waals surface area contributed by atoms with Gasteiger partial charge in [-0.05, 0) is 30.4 Å². The standard InChI is InChI=1S/C18H26N4.HI/c1-19-18(21-17-8-4-5-9-17)20-11-13-22-12-10-15-6-2-3-7-16(15)14-22;/h2-7,17H,8-14H2,1H3,(H2,19,20,21);1H. The second-order valence-corrected chi connectivity index (χ2v) is 6.08. The van der Waals surface area contributed by atoms with Gasteiger partial charge in [-0.15, -0.1) is 24.0 Å². The predicted molar refractivity (Wildman–Crippen MR) is 107 cm³/mol. The number of benzene rings is 1. The van der Waals surface area contributed by atoms with E-state index in [-0.39, 0.29) is 24.0 Å². The molecule has 0 spiro atoms. The molecule has 1 aromatic carbocycles. The van der Waals surface area contributed by atoms with Gasteiger partial charge in [0.05, 0.1) is 0 Å². The number of fused-ring (bicyclic) bond motifs is 1. The fourth-order valence-corrected chi connectivity index (χ4v) is 3.20. The number of hydrogen-bond acceptors (Lipinski definition) is 2. The van der Waals surface area contributed by atoms with Crippen LogP contribution in [-0.4, -0.2) is 43.6 Å². The summed E-state index contributed by atoms with van der Waals surface area (Å²) in [5.74, 6) is 0.922. The maximum absolute atomic E-state index is 4.32. The number of nitrogens with zero attached hydrogens (tertiary/aromatic N) is 2. The Hall–Kier alpha value is -1.08. The third kappa shape index (κ3) is 5.21. The van der Waals surface area contributed by atoms with E-state index in [1.807, 2.05) is 7.05 Å². The van der Waals surface area contributed by atoms with Gasteiger partial charge < -0.3 is 10.6 Å². The molecule has 1 heterocycles. The Morgan fingerprint density at radius 1 is 1.22 bits per heavy atom. The van der Waals surface area contributed by atoms with Gasteiger partial charge in [-0.2, -0.15) is 0 Å². The fraction of sp³-hybridized carbons (Fsp3) is 0.500. The molecule has 1 aliphatic heterocycles. The Morgan fingerprint density at radius 2 is 1.96 bits per heavy atom. The highest BCUT2D eigenvalue weighted by Gasteiger charge is 2.15. The smallest absolute Gasteiger partial charge is 0.191 e. The van der Waals surface area contributed by atoms with Crippen molar-refractivity contribution in [3.05, 3.63) is 47.5 Å². The van der Waals surface area contributed by atoms with Crippen LogP contribution >= 0.6 is 24.0 Å². The minimum atomic E-state index is 0. The van der Waals surface area contributed by atoms with Gasteiger partial charge in [0.2, 0.25) is 0 Å². The zero-order chi connectivity index (χ0) is 15.2. The number of rotatable bonds is 4. The minimum Gasteiger partial charge on any atom is -0.355 e. The summed E-state index contributed by atoms with van der Waals surface area (Å²) in [5.41, 5.74) is 2.99. The molecule has 0 atom stereocenters. The second kappa shape index (κ2) is 9.27. The minimum absolute atomic E-state index is 0. The lowest BCUT2D eigenvalue weighted by Crippen LogP contribution is -2.45. The quantitative estimate of drug-likeness (QED) is 0.337. The lowest BCUT2D eigenvalue weighted by molar-refractivity contribution is 0.258. The van der Waals surface area contributed by atoms with Crippen LogP contribution in [0.4, 0.5) is 0 Å². The van der Waals surface area contributed by atoms with Crippen molar-refractivity contribution in [2.75, 3.05) is 26.7 Å². The second-order valence-electron chi connectivity index (χ2n) is 6.08. The number of hydrogen-bond donors (Lipinski definition) is 2. The average Bonchev–Trinajstić information content (AvgIpc) is 3.07. The van der Waals surface area contributed by atoms with Crippen LogP contribution in [0.15, 0.2) is 41.4 Å². The van der Waals surface area contributed by atoms with Gasteiger partial charge in [-0.3, -0.25) is 9.89 Å². The summed E-state index contributed by atoms with van der Waals surface area (Å²) in [7, 11) is 1.84. The molecule has 126 valence electrons. The molecule has 0 radical (unpaired) electrons. The van der Waals surface area contributed by atoms with Crippen molar-refractivity contribution in [2.24, 2.45) is 4.99 Å². The molecule has 0 aromatic heterocycles. The summed E-state index contributed by atoms with van der Waals surface area (Å²) < 4.78 is 0. The zero-order valence-corrected chi connectivity index (χ0v) is 16.1. The third-order valence-corrected chi connectivity index (χ3v) is 4.50. The van der Waals surface area contributed by atoms with E-state index in [4.69, 9.17) is 0 Å². The number of guanidine groups is 1. The topological polar surface area (TPSA) is 39.7 Å². The van der Waals surface area contributed by atoms with Crippen molar-refractivity contribution in [3.8, 4) is 0 Å². The molecule has 23 heavy (non-hydrogen) atoms. The molecule has 4 nitrogen and oxygen atoms in total. The van der Waals surface area contributed by atoms with Crippen molar-refractivity contribution in [1.29, 1.82) is 0 Å². The van der Waals surface area contributed by atoms with Crippen molar-refractivity contribution in [3.63, 3.8) is 0 Å². The summed E-state index contributed by atoms with van der Waals surface area (Å²) in [6.07, 6.45) is 7.83. The van der Waals surface area contributed by atoms with Crippen molar-refractivity contribution >= 4 is 29.9 Å². The molecular weight excluding hydrogens is 399 g/mol. The van der Waals surface area contributed by atoms with Crippen LogP contribution < -0.4 is 10.6 Å². The Balaban J connectivity index is 0.00000192. The van der Waals surface area contributed by atoms with Crippen LogP contribution in [0, 0.1) is 0 Å². The van der Waals surface area contributed by atoms with Crippen molar-refractivity contribution in [2.45, 2.75) is 31.8 Å². The highest BCUT2D eigenvalue weighted by atomic mass is 127. The van der Waals surface area contributed by atoms with Crippen LogP contribution in [-0.2, 0) is 13.0 Å². The maximum Gasteiger partial charge on any atom is 0.191 e. The van der Waals surface area contributed by atoms with E-state index in [1.165, 1.54) is 11.1 Å². The van der Waals surface area contributed by atoms with Gasteiger partial charge in [-0.1, -0.05) is 36.4 Å². The highest BCUT2D eigenvalue weighted by molar-refractivity contribution is 14.0. The largest absolute Gasteiger partial charge is 0.355 e. The lowest BCUT2D eigenvalue weighted by Gasteiger charge is -2.29. The Morgan fingerprint density at radius 3 is 2.70 bits per heavy atom. The molecular formula is C18H27IN4. The van der Waals surface area contributed by atoms with E-state index < -0.39 is 0 Å². The van der Waals surface area contributed by atoms with E-state index >= 15 is 0 Å². The predicted octanol–water partition coefficient (Wildman–Crippen LogP) is 2.55. The first-order valence-electron chi connectivity index (χ1n) is 8.26. The Labute approximate surface area is 156 Å². The normalized spacial score (nSPS) is 18.4. The first kappa shape index (κ1) is 18.3. The molecule has 1 aromatic rings. The van der Waals surface area contributed by atoms with E-state index in [1.54, 1.807) is 0 Å². The molecule has 0 amide bonds. The van der Waals surface area contributed by atoms with Crippen molar-refractivity contribution in [1.82, 2.24) is 15.5 Å². The first-order valence-corrected chi connectivity index (χ1v) is 8.26. The molecule has 2 aliphatic rings. The van der Waals surface area contributed by atoms with E-state index in [2.05, 4.69) is 56.9 Å². The zero-order valence-electron chi connectivity index (χ0n) is 13.8. The number of aliphatic imine (C=N–C) groups is 1. The molecule has 0 saturated heterocycles.